The summed E-state index contributed by atoms with van der Waals surface area (Å²) in [5.41, 5.74) is 0. The molecule has 0 amide bonds. The maximum absolute atomic E-state index is 12.5. The summed E-state index contributed by atoms with van der Waals surface area (Å²) in [4.78, 5) is 34.9. The number of esters is 2. The number of rotatable bonds is 34. The molecule has 0 saturated carbocycles. The zero-order valence-electron chi connectivity index (χ0n) is 31.7. The fraction of sp³-hybridized carbons (Fsp3) is 0.795. The van der Waals surface area contributed by atoms with Crippen molar-refractivity contribution in [1.82, 2.24) is 0 Å². The van der Waals surface area contributed by atoms with Gasteiger partial charge in [0.1, 0.15) is 12.7 Å². The van der Waals surface area contributed by atoms with Gasteiger partial charge in [-0.2, -0.15) is 0 Å². The number of hydrogen-bond donors (Lipinski definition) is 3. The molecule has 1 fully saturated rings. The van der Waals surface area contributed by atoms with Crippen LogP contribution in [0.25, 0.3) is 0 Å². The van der Waals surface area contributed by atoms with Gasteiger partial charge in [-0.1, -0.05) is 115 Å². The van der Waals surface area contributed by atoms with Crippen LogP contribution >= 0.6 is 7.82 Å². The van der Waals surface area contributed by atoms with E-state index in [0.29, 0.717) is 12.8 Å². The molecule has 0 radical (unpaired) electrons. The predicted molar refractivity (Wildman–Crippen MR) is 200 cm³/mol. The molecule has 11 nitrogen and oxygen atoms in total. The van der Waals surface area contributed by atoms with Crippen molar-refractivity contribution in [3.05, 3.63) is 36.5 Å². The number of ether oxygens (including phenoxy) is 3. The van der Waals surface area contributed by atoms with Gasteiger partial charge in [0.15, 0.2) is 6.10 Å². The Kier molecular flexibility index (Phi) is 28.3. The number of carbonyl (C=O) groups is 2. The van der Waals surface area contributed by atoms with Crippen LogP contribution in [0.2, 0.25) is 0 Å². The summed E-state index contributed by atoms with van der Waals surface area (Å²) in [6.45, 7) is 4.49. The molecule has 1 rings (SSSR count). The van der Waals surface area contributed by atoms with Gasteiger partial charge in [0, 0.05) is 12.8 Å². The van der Waals surface area contributed by atoms with E-state index in [2.05, 4.69) is 61.8 Å². The van der Waals surface area contributed by atoms with Crippen LogP contribution in [0.4, 0.5) is 0 Å². The summed E-state index contributed by atoms with van der Waals surface area (Å²) in [7, 11) is -4.63. The molecule has 0 spiro atoms. The number of aliphatic hydroxyl groups excluding tert-OH is 2. The van der Waals surface area contributed by atoms with Crippen molar-refractivity contribution in [2.45, 2.75) is 167 Å². The Bertz CT molecular complexity index is 1030. The number of hydrogen-bond acceptors (Lipinski definition) is 10. The molecular weight excluding hydrogens is 675 g/mol. The van der Waals surface area contributed by atoms with Gasteiger partial charge in [0.05, 0.1) is 32.0 Å². The molecule has 0 bridgehead atoms. The summed E-state index contributed by atoms with van der Waals surface area (Å²) in [6.07, 6.45) is 28.8. The SMILES string of the molecule is CCCCC/C=C\C/C=C\C/C=C\CC1OC1CCCC(=O)OC[C@H](COP(=O)(O)OC[C@@H](O)CO)OC(=O)CCCCCCCCCC(C)C. The molecule has 1 saturated heterocycles. The first kappa shape index (κ1) is 47.2. The zero-order valence-corrected chi connectivity index (χ0v) is 32.6. The standard InChI is InChI=1S/C39H69O11P/c1-4-5-6-7-8-9-10-11-12-15-18-21-25-36-37(50-36)26-23-28-38(42)46-31-35(32-48-51(44,45)47-30-34(41)29-40)49-39(43)27-22-19-16-13-14-17-20-24-33(2)3/h8-9,11-12,18,21,33-37,40-41H,4-7,10,13-17,19-20,22-32H2,1-3H3,(H,44,45)/b9-8-,12-11-,21-18-/t34-,35+,36?,37?/m0/s1. The first-order valence-electron chi connectivity index (χ1n) is 19.4. The summed E-state index contributed by atoms with van der Waals surface area (Å²) >= 11 is 0. The Labute approximate surface area is 307 Å². The van der Waals surface area contributed by atoms with Crippen molar-refractivity contribution in [3.8, 4) is 0 Å². The van der Waals surface area contributed by atoms with Crippen LogP contribution in [0.3, 0.4) is 0 Å². The first-order chi connectivity index (χ1) is 24.6. The fourth-order valence-corrected chi connectivity index (χ4v) is 6.05. The minimum atomic E-state index is -4.63. The summed E-state index contributed by atoms with van der Waals surface area (Å²) in [5, 5.41) is 18.3. The molecule has 0 aromatic heterocycles. The normalized spacial score (nSPS) is 18.5. The number of phosphoric ester groups is 1. The second-order valence-electron chi connectivity index (χ2n) is 13.8. The Balaban J connectivity index is 2.34. The van der Waals surface area contributed by atoms with Crippen LogP contribution in [-0.4, -0.2) is 77.9 Å². The minimum Gasteiger partial charge on any atom is -0.462 e. The molecule has 3 N–H and O–H groups in total. The van der Waals surface area contributed by atoms with Crippen LogP contribution in [0, 0.1) is 5.92 Å². The number of allylic oxidation sites excluding steroid dienone is 5. The van der Waals surface area contributed by atoms with Crippen molar-refractivity contribution in [2.24, 2.45) is 5.92 Å². The number of phosphoric acid groups is 1. The average Bonchev–Trinajstić information content (AvgIpc) is 3.85. The van der Waals surface area contributed by atoms with Gasteiger partial charge in [0.2, 0.25) is 0 Å². The third kappa shape index (κ3) is 29.3. The number of epoxide rings is 1. The third-order valence-corrected chi connectivity index (χ3v) is 9.35. The quantitative estimate of drug-likeness (QED) is 0.0191. The van der Waals surface area contributed by atoms with E-state index < -0.39 is 51.8 Å². The van der Waals surface area contributed by atoms with E-state index in [1.165, 1.54) is 44.9 Å². The van der Waals surface area contributed by atoms with Crippen LogP contribution in [-0.2, 0) is 37.4 Å². The first-order valence-corrected chi connectivity index (χ1v) is 20.9. The Hall–Kier alpha value is -1.85. The van der Waals surface area contributed by atoms with Gasteiger partial charge in [-0.25, -0.2) is 4.57 Å². The Morgan fingerprint density at radius 2 is 1.39 bits per heavy atom. The lowest BCUT2D eigenvalue weighted by molar-refractivity contribution is -0.161. The van der Waals surface area contributed by atoms with Gasteiger partial charge in [-0.3, -0.25) is 18.6 Å². The predicted octanol–water partition coefficient (Wildman–Crippen LogP) is 8.45. The molecule has 12 heteroatoms. The lowest BCUT2D eigenvalue weighted by Gasteiger charge is -2.20. The van der Waals surface area contributed by atoms with Gasteiger partial charge < -0.3 is 29.3 Å². The highest BCUT2D eigenvalue weighted by molar-refractivity contribution is 7.47. The molecule has 0 aromatic carbocycles. The van der Waals surface area contributed by atoms with Crippen LogP contribution in [0.15, 0.2) is 36.5 Å². The second-order valence-corrected chi connectivity index (χ2v) is 15.3. The number of aliphatic hydroxyl groups is 2. The van der Waals surface area contributed by atoms with Crippen molar-refractivity contribution in [3.63, 3.8) is 0 Å². The van der Waals surface area contributed by atoms with E-state index >= 15 is 0 Å². The smallest absolute Gasteiger partial charge is 0.462 e. The van der Waals surface area contributed by atoms with E-state index in [1.54, 1.807) is 0 Å². The topological polar surface area (TPSA) is 161 Å². The second kappa shape index (κ2) is 30.6. The zero-order chi connectivity index (χ0) is 37.6. The van der Waals surface area contributed by atoms with Crippen molar-refractivity contribution in [2.75, 3.05) is 26.4 Å². The van der Waals surface area contributed by atoms with E-state index in [9.17, 15) is 24.2 Å². The highest BCUT2D eigenvalue weighted by Crippen LogP contribution is 2.43. The van der Waals surface area contributed by atoms with Crippen molar-refractivity contribution in [1.29, 1.82) is 0 Å². The molecule has 0 aliphatic carbocycles. The highest BCUT2D eigenvalue weighted by Gasteiger charge is 2.36. The third-order valence-electron chi connectivity index (χ3n) is 8.40. The minimum absolute atomic E-state index is 0.117. The van der Waals surface area contributed by atoms with Crippen LogP contribution in [0.5, 0.6) is 0 Å². The van der Waals surface area contributed by atoms with Crippen LogP contribution < -0.4 is 0 Å². The lowest BCUT2D eigenvalue weighted by Crippen LogP contribution is -2.29. The fourth-order valence-electron chi connectivity index (χ4n) is 5.26. The van der Waals surface area contributed by atoms with Crippen molar-refractivity contribution < 1.29 is 52.5 Å². The van der Waals surface area contributed by atoms with E-state index in [0.717, 1.165) is 57.3 Å². The monoisotopic (exact) mass is 744 g/mol. The number of carbonyl (C=O) groups excluding carboxylic acids is 2. The van der Waals surface area contributed by atoms with E-state index in [-0.39, 0.29) is 31.7 Å². The molecule has 1 aliphatic heterocycles. The maximum atomic E-state index is 12.5. The van der Waals surface area contributed by atoms with Gasteiger partial charge in [-0.15, -0.1) is 0 Å². The molecule has 51 heavy (non-hydrogen) atoms. The largest absolute Gasteiger partial charge is 0.472 e. The van der Waals surface area contributed by atoms with E-state index in [4.69, 9.17) is 23.8 Å². The molecule has 296 valence electrons. The maximum Gasteiger partial charge on any atom is 0.472 e. The average molecular weight is 745 g/mol. The Morgan fingerprint density at radius 1 is 0.765 bits per heavy atom. The molecule has 5 atom stereocenters. The Morgan fingerprint density at radius 3 is 2.08 bits per heavy atom. The molecule has 3 unspecified atom stereocenters. The molecule has 1 aliphatic rings. The summed E-state index contributed by atoms with van der Waals surface area (Å²) < 4.78 is 38.3. The molecule has 1 heterocycles. The van der Waals surface area contributed by atoms with Crippen molar-refractivity contribution >= 4 is 19.8 Å². The lowest BCUT2D eigenvalue weighted by atomic mass is 10.0. The van der Waals surface area contributed by atoms with E-state index in [1.807, 2.05) is 0 Å². The molecule has 0 aromatic rings. The van der Waals surface area contributed by atoms with Gasteiger partial charge in [0.25, 0.3) is 0 Å². The van der Waals surface area contributed by atoms with Gasteiger partial charge >= 0.3 is 19.8 Å². The summed E-state index contributed by atoms with van der Waals surface area (Å²) in [6, 6.07) is 0. The molecular formula is C39H69O11P. The number of unbranched alkanes of at least 4 members (excludes halogenated alkanes) is 9. The van der Waals surface area contributed by atoms with Gasteiger partial charge in [-0.05, 0) is 57.3 Å². The summed E-state index contributed by atoms with van der Waals surface area (Å²) in [5.74, 6) is -0.277. The van der Waals surface area contributed by atoms with Crippen LogP contribution in [0.1, 0.15) is 143 Å². The highest BCUT2D eigenvalue weighted by atomic mass is 31.2.